The Morgan fingerprint density at radius 3 is 2.85 bits per heavy atom. The van der Waals surface area contributed by atoms with E-state index in [0.29, 0.717) is 25.4 Å². The summed E-state index contributed by atoms with van der Waals surface area (Å²) in [5.74, 6) is 0.191. The third-order valence-corrected chi connectivity index (χ3v) is 3.13. The number of rotatable bonds is 4. The van der Waals surface area contributed by atoms with Gasteiger partial charge in [-0.15, -0.1) is 0 Å². The lowest BCUT2D eigenvalue weighted by atomic mass is 10.1. The Morgan fingerprint density at radius 1 is 1.45 bits per heavy atom. The molecule has 1 aliphatic heterocycles. The SMILES string of the molecule is CN(C)CCN1CCOc2ccc([N+](=O)[O-])cc2C1=O. The smallest absolute Gasteiger partial charge is 0.270 e. The van der Waals surface area contributed by atoms with E-state index in [1.807, 2.05) is 19.0 Å². The number of nitro benzene ring substituents is 1. The van der Waals surface area contributed by atoms with Gasteiger partial charge in [-0.25, -0.2) is 0 Å². The molecular formula is C13H17N3O4. The lowest BCUT2D eigenvalue weighted by molar-refractivity contribution is -0.384. The van der Waals surface area contributed by atoms with Crippen LogP contribution in [0.5, 0.6) is 5.75 Å². The second kappa shape index (κ2) is 5.87. The second-order valence-electron chi connectivity index (χ2n) is 4.88. The number of hydrogen-bond donors (Lipinski definition) is 0. The molecule has 0 aliphatic carbocycles. The van der Waals surface area contributed by atoms with Crippen LogP contribution in [0.4, 0.5) is 5.69 Å². The van der Waals surface area contributed by atoms with Crippen molar-refractivity contribution in [2.75, 3.05) is 40.3 Å². The van der Waals surface area contributed by atoms with Gasteiger partial charge in [0, 0.05) is 25.2 Å². The summed E-state index contributed by atoms with van der Waals surface area (Å²) in [7, 11) is 3.86. The highest BCUT2D eigenvalue weighted by molar-refractivity contribution is 5.98. The highest BCUT2D eigenvalue weighted by atomic mass is 16.6. The Kier molecular flexibility index (Phi) is 4.19. The van der Waals surface area contributed by atoms with Gasteiger partial charge < -0.3 is 14.5 Å². The zero-order valence-corrected chi connectivity index (χ0v) is 11.5. The van der Waals surface area contributed by atoms with Crippen molar-refractivity contribution in [2.45, 2.75) is 0 Å². The molecule has 2 rings (SSSR count). The van der Waals surface area contributed by atoms with Crippen LogP contribution in [0, 0.1) is 10.1 Å². The van der Waals surface area contributed by atoms with Gasteiger partial charge in [0.25, 0.3) is 11.6 Å². The van der Waals surface area contributed by atoms with Crippen molar-refractivity contribution in [3.05, 3.63) is 33.9 Å². The second-order valence-corrected chi connectivity index (χ2v) is 4.88. The average Bonchev–Trinajstić information content (AvgIpc) is 2.56. The van der Waals surface area contributed by atoms with Gasteiger partial charge in [0.2, 0.25) is 0 Å². The number of hydrogen-bond acceptors (Lipinski definition) is 5. The van der Waals surface area contributed by atoms with E-state index in [9.17, 15) is 14.9 Å². The summed E-state index contributed by atoms with van der Waals surface area (Å²) in [5.41, 5.74) is 0.158. The van der Waals surface area contributed by atoms with Crippen molar-refractivity contribution in [3.63, 3.8) is 0 Å². The van der Waals surface area contributed by atoms with Crippen molar-refractivity contribution in [1.29, 1.82) is 0 Å². The third-order valence-electron chi connectivity index (χ3n) is 3.13. The van der Waals surface area contributed by atoms with Crippen molar-refractivity contribution in [1.82, 2.24) is 9.80 Å². The molecule has 0 aromatic heterocycles. The maximum atomic E-state index is 12.4. The van der Waals surface area contributed by atoms with E-state index in [1.54, 1.807) is 4.90 Å². The maximum Gasteiger partial charge on any atom is 0.270 e. The Balaban J connectivity index is 2.27. The summed E-state index contributed by atoms with van der Waals surface area (Å²) in [6.07, 6.45) is 0. The summed E-state index contributed by atoms with van der Waals surface area (Å²) in [6.45, 7) is 2.17. The summed E-state index contributed by atoms with van der Waals surface area (Å²) in [5, 5.41) is 10.8. The number of amides is 1. The molecule has 0 saturated carbocycles. The molecule has 0 spiro atoms. The van der Waals surface area contributed by atoms with Crippen LogP contribution < -0.4 is 4.74 Å². The molecule has 1 amide bonds. The number of carbonyl (C=O) groups is 1. The molecule has 1 aliphatic rings. The predicted molar refractivity (Wildman–Crippen MR) is 73.0 cm³/mol. The van der Waals surface area contributed by atoms with Crippen LogP contribution in [-0.2, 0) is 0 Å². The van der Waals surface area contributed by atoms with Crippen LogP contribution in [0.2, 0.25) is 0 Å². The summed E-state index contributed by atoms with van der Waals surface area (Å²) < 4.78 is 5.49. The Hall–Kier alpha value is -2.15. The van der Waals surface area contributed by atoms with Crippen LogP contribution >= 0.6 is 0 Å². The molecule has 0 unspecified atom stereocenters. The highest BCUT2D eigenvalue weighted by Gasteiger charge is 2.25. The van der Waals surface area contributed by atoms with E-state index in [0.717, 1.165) is 6.54 Å². The number of fused-ring (bicyclic) bond motifs is 1. The van der Waals surface area contributed by atoms with Crippen molar-refractivity contribution in [2.24, 2.45) is 0 Å². The fourth-order valence-electron chi connectivity index (χ4n) is 2.00. The fraction of sp³-hybridized carbons (Fsp3) is 0.462. The maximum absolute atomic E-state index is 12.4. The lowest BCUT2D eigenvalue weighted by Crippen LogP contribution is -2.37. The van der Waals surface area contributed by atoms with Gasteiger partial charge in [-0.05, 0) is 20.2 Å². The molecule has 0 bridgehead atoms. The zero-order chi connectivity index (χ0) is 14.7. The van der Waals surface area contributed by atoms with Gasteiger partial charge in [-0.3, -0.25) is 14.9 Å². The van der Waals surface area contributed by atoms with Crippen molar-refractivity contribution >= 4 is 11.6 Å². The summed E-state index contributed by atoms with van der Waals surface area (Å²) >= 11 is 0. The predicted octanol–water partition coefficient (Wildman–Crippen LogP) is 0.991. The number of ether oxygens (including phenoxy) is 1. The van der Waals surface area contributed by atoms with Gasteiger partial charge in [0.15, 0.2) is 0 Å². The standard InChI is InChI=1S/C13H17N3O4/c1-14(2)5-6-15-7-8-20-12-4-3-10(16(18)19)9-11(12)13(15)17/h3-4,9H,5-8H2,1-2H3. The number of nitro groups is 1. The molecule has 0 N–H and O–H groups in total. The first-order valence-electron chi connectivity index (χ1n) is 6.34. The molecule has 7 nitrogen and oxygen atoms in total. The molecule has 1 heterocycles. The minimum absolute atomic E-state index is 0.102. The first-order chi connectivity index (χ1) is 9.49. The topological polar surface area (TPSA) is 75.9 Å². The molecule has 0 saturated heterocycles. The monoisotopic (exact) mass is 279 g/mol. The molecule has 0 fully saturated rings. The number of non-ortho nitro benzene ring substituents is 1. The largest absolute Gasteiger partial charge is 0.491 e. The summed E-state index contributed by atoms with van der Waals surface area (Å²) in [4.78, 5) is 26.4. The average molecular weight is 279 g/mol. The number of benzene rings is 1. The molecule has 0 atom stereocenters. The van der Waals surface area contributed by atoms with Crippen LogP contribution in [0.1, 0.15) is 10.4 Å². The van der Waals surface area contributed by atoms with Gasteiger partial charge in [-0.1, -0.05) is 0 Å². The van der Waals surface area contributed by atoms with Gasteiger partial charge in [0.05, 0.1) is 17.0 Å². The van der Waals surface area contributed by atoms with E-state index in [4.69, 9.17) is 4.74 Å². The number of nitrogens with zero attached hydrogens (tertiary/aromatic N) is 3. The van der Waals surface area contributed by atoms with E-state index < -0.39 is 4.92 Å². The number of carbonyl (C=O) groups excluding carboxylic acids is 1. The third kappa shape index (κ3) is 3.05. The van der Waals surface area contributed by atoms with Crippen LogP contribution in [0.3, 0.4) is 0 Å². The van der Waals surface area contributed by atoms with Crippen molar-refractivity contribution < 1.29 is 14.5 Å². The zero-order valence-electron chi connectivity index (χ0n) is 11.5. The van der Waals surface area contributed by atoms with Gasteiger partial charge in [-0.2, -0.15) is 0 Å². The molecule has 0 radical (unpaired) electrons. The van der Waals surface area contributed by atoms with E-state index in [2.05, 4.69) is 0 Å². The molecule has 1 aromatic carbocycles. The van der Waals surface area contributed by atoms with Gasteiger partial charge in [0.1, 0.15) is 12.4 Å². The van der Waals surface area contributed by atoms with Gasteiger partial charge >= 0.3 is 0 Å². The quantitative estimate of drug-likeness (QED) is 0.607. The highest BCUT2D eigenvalue weighted by Crippen LogP contribution is 2.27. The van der Waals surface area contributed by atoms with Crippen LogP contribution in [0.15, 0.2) is 18.2 Å². The Morgan fingerprint density at radius 2 is 2.20 bits per heavy atom. The first kappa shape index (κ1) is 14.3. The molecule has 7 heteroatoms. The van der Waals surface area contributed by atoms with Crippen molar-refractivity contribution in [3.8, 4) is 5.75 Å². The van der Waals surface area contributed by atoms with Crippen LogP contribution in [-0.4, -0.2) is 61.0 Å². The Bertz CT molecular complexity index is 530. The minimum Gasteiger partial charge on any atom is -0.491 e. The van der Waals surface area contributed by atoms with E-state index >= 15 is 0 Å². The van der Waals surface area contributed by atoms with Crippen LogP contribution in [0.25, 0.3) is 0 Å². The molecule has 20 heavy (non-hydrogen) atoms. The molecule has 1 aromatic rings. The Labute approximate surface area is 116 Å². The lowest BCUT2D eigenvalue weighted by Gasteiger charge is -2.21. The van der Waals surface area contributed by atoms with E-state index in [1.165, 1.54) is 18.2 Å². The minimum atomic E-state index is -0.511. The molecular weight excluding hydrogens is 262 g/mol. The number of likely N-dealkylation sites (N-methyl/N-ethyl adjacent to an activating group) is 1. The summed E-state index contributed by atoms with van der Waals surface area (Å²) in [6, 6.07) is 4.12. The first-order valence-corrected chi connectivity index (χ1v) is 6.34. The van der Waals surface area contributed by atoms with E-state index in [-0.39, 0.29) is 17.2 Å². The fourth-order valence-corrected chi connectivity index (χ4v) is 2.00. The normalized spacial score (nSPS) is 14.8. The molecule has 108 valence electrons.